The largest absolute Gasteiger partial charge is 0.465 e. The predicted octanol–water partition coefficient (Wildman–Crippen LogP) is 2.68. The van der Waals surface area contributed by atoms with Crippen LogP contribution < -0.4 is 5.32 Å². The molecule has 0 spiro atoms. The van der Waals surface area contributed by atoms with Crippen molar-refractivity contribution >= 4 is 17.4 Å². The summed E-state index contributed by atoms with van der Waals surface area (Å²) in [6, 6.07) is 5.69. The summed E-state index contributed by atoms with van der Waals surface area (Å²) in [6.07, 6.45) is 5.09. The van der Waals surface area contributed by atoms with Crippen LogP contribution in [0.15, 0.2) is 45.7 Å². The smallest absolute Gasteiger partial charge is 0.126 e. The lowest BCUT2D eigenvalue weighted by molar-refractivity contribution is 0.177. The van der Waals surface area contributed by atoms with E-state index >= 15 is 0 Å². The number of furan rings is 1. The second-order valence-electron chi connectivity index (χ2n) is 3.65. The molecule has 17 heavy (non-hydrogen) atoms. The van der Waals surface area contributed by atoms with Gasteiger partial charge in [0.1, 0.15) is 5.76 Å². The third kappa shape index (κ3) is 3.85. The standard InChI is InChI=1S/C13H15NO2S/c15-13(11-5-8-17-10-11)9-14-6-1-3-12-4-2-7-16-12/h1-5,7-8,10,13-15H,6,9H2/b3-1+. The number of aliphatic hydroxyl groups is 1. The average molecular weight is 249 g/mol. The summed E-state index contributed by atoms with van der Waals surface area (Å²) in [6.45, 7) is 1.27. The Kier molecular flexibility index (Phi) is 4.55. The lowest BCUT2D eigenvalue weighted by Gasteiger charge is -2.08. The van der Waals surface area contributed by atoms with Gasteiger partial charge in [-0.2, -0.15) is 11.3 Å². The molecule has 0 amide bonds. The van der Waals surface area contributed by atoms with E-state index in [1.165, 1.54) is 0 Å². The quantitative estimate of drug-likeness (QED) is 0.774. The van der Waals surface area contributed by atoms with Gasteiger partial charge in [0, 0.05) is 13.1 Å². The van der Waals surface area contributed by atoms with Gasteiger partial charge in [0.25, 0.3) is 0 Å². The summed E-state index contributed by atoms with van der Waals surface area (Å²) >= 11 is 1.60. The van der Waals surface area contributed by atoms with E-state index in [-0.39, 0.29) is 0 Å². The highest BCUT2D eigenvalue weighted by molar-refractivity contribution is 7.07. The zero-order chi connectivity index (χ0) is 11.9. The van der Waals surface area contributed by atoms with E-state index in [1.54, 1.807) is 17.6 Å². The molecule has 4 heteroatoms. The minimum Gasteiger partial charge on any atom is -0.465 e. The Labute approximate surface area is 104 Å². The molecule has 0 bridgehead atoms. The minimum atomic E-state index is -0.432. The number of hydrogen-bond acceptors (Lipinski definition) is 4. The van der Waals surface area contributed by atoms with E-state index < -0.39 is 6.10 Å². The van der Waals surface area contributed by atoms with Crippen molar-refractivity contribution in [2.24, 2.45) is 0 Å². The Morgan fingerprint density at radius 3 is 3.12 bits per heavy atom. The second-order valence-corrected chi connectivity index (χ2v) is 4.43. The topological polar surface area (TPSA) is 45.4 Å². The molecule has 1 unspecified atom stereocenters. The highest BCUT2D eigenvalue weighted by Gasteiger charge is 2.05. The summed E-state index contributed by atoms with van der Waals surface area (Å²) < 4.78 is 5.16. The lowest BCUT2D eigenvalue weighted by atomic mass is 10.2. The Balaban J connectivity index is 1.66. The fraction of sp³-hybridized carbons (Fsp3) is 0.231. The normalized spacial score (nSPS) is 13.2. The fourth-order valence-electron chi connectivity index (χ4n) is 1.45. The van der Waals surface area contributed by atoms with Crippen molar-refractivity contribution in [2.45, 2.75) is 6.10 Å². The van der Waals surface area contributed by atoms with Crippen LogP contribution in [0.2, 0.25) is 0 Å². The van der Waals surface area contributed by atoms with Crippen LogP contribution in [0, 0.1) is 0 Å². The van der Waals surface area contributed by atoms with Crippen LogP contribution >= 0.6 is 11.3 Å². The van der Waals surface area contributed by atoms with Crippen LogP contribution in [0.5, 0.6) is 0 Å². The van der Waals surface area contributed by atoms with Gasteiger partial charge < -0.3 is 14.8 Å². The minimum absolute atomic E-state index is 0.432. The van der Waals surface area contributed by atoms with Crippen LogP contribution in [0.3, 0.4) is 0 Å². The number of nitrogens with one attached hydrogen (secondary N) is 1. The van der Waals surface area contributed by atoms with Crippen molar-refractivity contribution in [3.63, 3.8) is 0 Å². The van der Waals surface area contributed by atoms with Gasteiger partial charge in [-0.25, -0.2) is 0 Å². The van der Waals surface area contributed by atoms with Gasteiger partial charge in [-0.15, -0.1) is 0 Å². The van der Waals surface area contributed by atoms with Gasteiger partial charge in [-0.1, -0.05) is 6.08 Å². The number of thiophene rings is 1. The summed E-state index contributed by atoms with van der Waals surface area (Å²) in [4.78, 5) is 0. The van der Waals surface area contributed by atoms with Crippen molar-refractivity contribution in [3.8, 4) is 0 Å². The molecule has 0 aliphatic carbocycles. The van der Waals surface area contributed by atoms with E-state index in [9.17, 15) is 5.11 Å². The molecule has 0 aromatic carbocycles. The molecule has 2 N–H and O–H groups in total. The Morgan fingerprint density at radius 1 is 1.47 bits per heavy atom. The molecule has 1 atom stereocenters. The van der Waals surface area contributed by atoms with Crippen molar-refractivity contribution in [2.75, 3.05) is 13.1 Å². The highest BCUT2D eigenvalue weighted by Crippen LogP contribution is 2.14. The van der Waals surface area contributed by atoms with E-state index in [4.69, 9.17) is 4.42 Å². The van der Waals surface area contributed by atoms with Crippen LogP contribution in [-0.4, -0.2) is 18.2 Å². The first-order valence-corrected chi connectivity index (χ1v) is 6.41. The van der Waals surface area contributed by atoms with Crippen LogP contribution in [-0.2, 0) is 0 Å². The number of rotatable bonds is 6. The Bertz CT molecular complexity index is 434. The maximum atomic E-state index is 9.79. The molecule has 0 saturated carbocycles. The van der Waals surface area contributed by atoms with E-state index in [0.717, 1.165) is 11.3 Å². The molecule has 0 aliphatic heterocycles. The zero-order valence-electron chi connectivity index (χ0n) is 9.37. The van der Waals surface area contributed by atoms with Crippen molar-refractivity contribution < 1.29 is 9.52 Å². The predicted molar refractivity (Wildman–Crippen MR) is 69.9 cm³/mol. The highest BCUT2D eigenvalue weighted by atomic mass is 32.1. The van der Waals surface area contributed by atoms with E-state index in [2.05, 4.69) is 5.32 Å². The summed E-state index contributed by atoms with van der Waals surface area (Å²) in [5.41, 5.74) is 0.970. The molecular weight excluding hydrogens is 234 g/mol. The zero-order valence-corrected chi connectivity index (χ0v) is 10.2. The van der Waals surface area contributed by atoms with Crippen molar-refractivity contribution in [1.29, 1.82) is 0 Å². The van der Waals surface area contributed by atoms with Crippen molar-refractivity contribution in [3.05, 3.63) is 52.6 Å². The Morgan fingerprint density at radius 2 is 2.41 bits per heavy atom. The maximum absolute atomic E-state index is 9.79. The molecule has 2 rings (SSSR count). The summed E-state index contributed by atoms with van der Waals surface area (Å²) in [5.74, 6) is 0.838. The monoisotopic (exact) mass is 249 g/mol. The van der Waals surface area contributed by atoms with Gasteiger partial charge in [0.05, 0.1) is 12.4 Å². The molecule has 0 aliphatic rings. The molecule has 0 fully saturated rings. The molecular formula is C13H15NO2S. The summed E-state index contributed by atoms with van der Waals surface area (Å²) in [5, 5.41) is 16.9. The maximum Gasteiger partial charge on any atom is 0.126 e. The van der Waals surface area contributed by atoms with Gasteiger partial charge >= 0.3 is 0 Å². The van der Waals surface area contributed by atoms with E-state index in [0.29, 0.717) is 13.1 Å². The SMILES string of the molecule is OC(CNC/C=C/c1ccco1)c1ccsc1. The van der Waals surface area contributed by atoms with Crippen LogP contribution in [0.4, 0.5) is 0 Å². The molecule has 2 heterocycles. The summed E-state index contributed by atoms with van der Waals surface area (Å²) in [7, 11) is 0. The first kappa shape index (κ1) is 12.1. The third-order valence-electron chi connectivity index (χ3n) is 2.35. The second kappa shape index (κ2) is 6.39. The van der Waals surface area contributed by atoms with Gasteiger partial charge in [0.2, 0.25) is 0 Å². The molecule has 0 radical (unpaired) electrons. The van der Waals surface area contributed by atoms with Gasteiger partial charge in [-0.05, 0) is 40.6 Å². The molecule has 2 aromatic rings. The van der Waals surface area contributed by atoms with Gasteiger partial charge in [0.15, 0.2) is 0 Å². The fourth-order valence-corrected chi connectivity index (χ4v) is 2.15. The first-order chi connectivity index (χ1) is 8.36. The number of hydrogen-bond donors (Lipinski definition) is 2. The molecule has 0 saturated heterocycles. The molecule has 2 aromatic heterocycles. The molecule has 90 valence electrons. The molecule has 3 nitrogen and oxygen atoms in total. The van der Waals surface area contributed by atoms with Crippen molar-refractivity contribution in [1.82, 2.24) is 5.32 Å². The van der Waals surface area contributed by atoms with Crippen LogP contribution in [0.25, 0.3) is 6.08 Å². The first-order valence-electron chi connectivity index (χ1n) is 5.47. The van der Waals surface area contributed by atoms with Gasteiger partial charge in [-0.3, -0.25) is 0 Å². The number of aliphatic hydroxyl groups excluding tert-OH is 1. The van der Waals surface area contributed by atoms with Crippen LogP contribution in [0.1, 0.15) is 17.4 Å². The third-order valence-corrected chi connectivity index (χ3v) is 3.05. The average Bonchev–Trinajstić information content (AvgIpc) is 3.01. The van der Waals surface area contributed by atoms with E-state index in [1.807, 2.05) is 41.1 Å². The lowest BCUT2D eigenvalue weighted by Crippen LogP contribution is -2.21. The Hall–Kier alpha value is -1.36.